The lowest BCUT2D eigenvalue weighted by Gasteiger charge is -2.25. The van der Waals surface area contributed by atoms with Crippen LogP contribution in [0.3, 0.4) is 0 Å². The molecule has 0 spiro atoms. The lowest BCUT2D eigenvalue weighted by molar-refractivity contribution is -0.138. The van der Waals surface area contributed by atoms with Crippen molar-refractivity contribution in [1.82, 2.24) is 0 Å². The van der Waals surface area contributed by atoms with Crippen molar-refractivity contribution in [3.63, 3.8) is 0 Å². The number of hydrogen-bond acceptors (Lipinski definition) is 7. The second-order valence-corrected chi connectivity index (χ2v) is 7.80. The first-order chi connectivity index (χ1) is 13.8. The van der Waals surface area contributed by atoms with Gasteiger partial charge in [0.2, 0.25) is 0 Å². The molecule has 0 amide bonds. The second-order valence-electron chi connectivity index (χ2n) is 5.93. The highest BCUT2D eigenvalue weighted by atomic mass is 32.2. The van der Waals surface area contributed by atoms with E-state index in [1.54, 1.807) is 6.92 Å². The first-order valence-electron chi connectivity index (χ1n) is 8.76. The smallest absolute Gasteiger partial charge is 0.338 e. The van der Waals surface area contributed by atoms with Crippen LogP contribution in [0.5, 0.6) is 5.75 Å². The van der Waals surface area contributed by atoms with Crippen LogP contribution in [0.15, 0.2) is 47.4 Å². The Morgan fingerprint density at radius 1 is 1.00 bits per heavy atom. The molecule has 0 aromatic heterocycles. The first kappa shape index (κ1) is 22.2. The van der Waals surface area contributed by atoms with Crippen LogP contribution in [0.2, 0.25) is 0 Å². The predicted octanol–water partition coefficient (Wildman–Crippen LogP) is 2.55. The molecule has 2 aromatic carbocycles. The van der Waals surface area contributed by atoms with Crippen LogP contribution >= 0.6 is 0 Å². The van der Waals surface area contributed by atoms with Crippen molar-refractivity contribution >= 4 is 27.6 Å². The molecule has 29 heavy (non-hydrogen) atoms. The number of carbonyl (C=O) groups excluding carboxylic acids is 2. The molecule has 0 fully saturated rings. The Morgan fingerprint density at radius 3 is 2.21 bits per heavy atom. The van der Waals surface area contributed by atoms with E-state index < -0.39 is 28.5 Å². The van der Waals surface area contributed by atoms with Gasteiger partial charge in [-0.05, 0) is 55.8 Å². The quantitative estimate of drug-likeness (QED) is 0.604. The summed E-state index contributed by atoms with van der Waals surface area (Å²) in [6.45, 7) is 3.29. The summed E-state index contributed by atoms with van der Waals surface area (Å²) >= 11 is 0. The van der Waals surface area contributed by atoms with Crippen molar-refractivity contribution in [2.75, 3.05) is 31.7 Å². The lowest BCUT2D eigenvalue weighted by atomic mass is 10.1. The third-order valence-electron chi connectivity index (χ3n) is 4.20. The molecule has 0 unspecified atom stereocenters. The van der Waals surface area contributed by atoms with E-state index in [9.17, 15) is 18.0 Å². The zero-order valence-electron chi connectivity index (χ0n) is 16.7. The normalized spacial score (nSPS) is 10.9. The minimum atomic E-state index is -4.14. The molecular weight excluding hydrogens is 398 g/mol. The number of anilines is 1. The summed E-state index contributed by atoms with van der Waals surface area (Å²) in [6.07, 6.45) is 0. The average Bonchev–Trinajstić information content (AvgIpc) is 2.72. The highest BCUT2D eigenvalue weighted by Crippen LogP contribution is 2.30. The average molecular weight is 421 g/mol. The summed E-state index contributed by atoms with van der Waals surface area (Å²) in [5, 5.41) is 0. The van der Waals surface area contributed by atoms with Crippen molar-refractivity contribution < 1.29 is 32.2 Å². The lowest BCUT2D eigenvalue weighted by Crippen LogP contribution is -2.37. The van der Waals surface area contributed by atoms with E-state index in [0.29, 0.717) is 17.9 Å². The molecule has 0 N–H and O–H groups in total. The molecule has 0 radical (unpaired) electrons. The van der Waals surface area contributed by atoms with Crippen LogP contribution in [-0.4, -0.2) is 47.7 Å². The Kier molecular flexibility index (Phi) is 7.22. The number of methoxy groups -OCH3 is 2. The third kappa shape index (κ3) is 4.86. The third-order valence-corrected chi connectivity index (χ3v) is 5.98. The zero-order chi connectivity index (χ0) is 21.6. The van der Waals surface area contributed by atoms with E-state index >= 15 is 0 Å². The molecule has 9 heteroatoms. The summed E-state index contributed by atoms with van der Waals surface area (Å²) < 4.78 is 42.3. The van der Waals surface area contributed by atoms with Gasteiger partial charge >= 0.3 is 11.9 Å². The molecule has 2 rings (SSSR count). The van der Waals surface area contributed by atoms with E-state index in [1.165, 1.54) is 56.7 Å². The molecule has 0 aliphatic rings. The number of rotatable bonds is 8. The van der Waals surface area contributed by atoms with E-state index in [4.69, 9.17) is 9.47 Å². The van der Waals surface area contributed by atoms with Gasteiger partial charge in [0.05, 0.1) is 37.0 Å². The molecular formula is C20H23NO7S. The number of benzene rings is 2. The number of hydrogen-bond donors (Lipinski definition) is 0. The Bertz CT molecular complexity index is 984. The fourth-order valence-electron chi connectivity index (χ4n) is 2.71. The summed E-state index contributed by atoms with van der Waals surface area (Å²) in [5.41, 5.74) is 0.728. The van der Waals surface area contributed by atoms with Crippen LogP contribution in [0.1, 0.15) is 22.8 Å². The number of sulfonamides is 1. The highest BCUT2D eigenvalue weighted by molar-refractivity contribution is 7.92. The van der Waals surface area contributed by atoms with Crippen LogP contribution < -0.4 is 9.04 Å². The SMILES string of the molecule is CCOc1ccc(S(=O)(=O)N(CC(=O)OC)c2cccc(C(=O)OC)c2C)cc1. The first-order valence-corrected chi connectivity index (χ1v) is 10.2. The van der Waals surface area contributed by atoms with Crippen molar-refractivity contribution in [2.45, 2.75) is 18.7 Å². The number of carbonyl (C=O) groups is 2. The number of nitrogens with zero attached hydrogens (tertiary/aromatic N) is 1. The highest BCUT2D eigenvalue weighted by Gasteiger charge is 2.30. The molecule has 0 aliphatic carbocycles. The fourth-order valence-corrected chi connectivity index (χ4v) is 4.17. The monoisotopic (exact) mass is 421 g/mol. The standard InChI is InChI=1S/C20H23NO7S/c1-5-28-15-9-11-16(12-10-15)29(24,25)21(13-19(22)26-3)18-8-6-7-17(14(18)2)20(23)27-4/h6-12H,5,13H2,1-4H3. The predicted molar refractivity (Wildman–Crippen MR) is 107 cm³/mol. The summed E-state index contributed by atoms with van der Waals surface area (Å²) in [5.74, 6) is -0.835. The summed E-state index contributed by atoms with van der Waals surface area (Å²) in [6, 6.07) is 10.4. The van der Waals surface area contributed by atoms with Crippen molar-refractivity contribution in [2.24, 2.45) is 0 Å². The van der Waals surface area contributed by atoms with Crippen LogP contribution in [0, 0.1) is 6.92 Å². The van der Waals surface area contributed by atoms with Crippen LogP contribution in [0.25, 0.3) is 0 Å². The van der Waals surface area contributed by atoms with Gasteiger partial charge in [-0.1, -0.05) is 6.07 Å². The van der Waals surface area contributed by atoms with E-state index in [0.717, 1.165) is 4.31 Å². The van der Waals surface area contributed by atoms with E-state index in [1.807, 2.05) is 6.92 Å². The number of ether oxygens (including phenoxy) is 3. The maximum Gasteiger partial charge on any atom is 0.338 e. The van der Waals surface area contributed by atoms with Gasteiger partial charge in [0.1, 0.15) is 12.3 Å². The zero-order valence-corrected chi connectivity index (χ0v) is 17.5. The number of esters is 2. The maximum absolute atomic E-state index is 13.3. The summed E-state index contributed by atoms with van der Waals surface area (Å²) in [4.78, 5) is 23.9. The molecule has 0 heterocycles. The summed E-state index contributed by atoms with van der Waals surface area (Å²) in [7, 11) is -1.74. The minimum Gasteiger partial charge on any atom is -0.494 e. The van der Waals surface area contributed by atoms with Gasteiger partial charge in [0.25, 0.3) is 10.0 Å². The van der Waals surface area contributed by atoms with Gasteiger partial charge in [0, 0.05) is 0 Å². The Balaban J connectivity index is 2.58. The van der Waals surface area contributed by atoms with Crippen molar-refractivity contribution in [3.05, 3.63) is 53.6 Å². The molecule has 156 valence electrons. The Morgan fingerprint density at radius 2 is 1.66 bits per heavy atom. The van der Waals surface area contributed by atoms with E-state index in [-0.39, 0.29) is 16.1 Å². The largest absolute Gasteiger partial charge is 0.494 e. The molecule has 0 atom stereocenters. The van der Waals surface area contributed by atoms with Crippen molar-refractivity contribution in [3.8, 4) is 5.75 Å². The Hall–Kier alpha value is -3.07. The molecule has 2 aromatic rings. The molecule has 0 bridgehead atoms. The molecule has 0 saturated heterocycles. The van der Waals surface area contributed by atoms with Gasteiger partial charge in [-0.2, -0.15) is 0 Å². The minimum absolute atomic E-state index is 0.0345. The fraction of sp³-hybridized carbons (Fsp3) is 0.300. The second kappa shape index (κ2) is 9.42. The van der Waals surface area contributed by atoms with Gasteiger partial charge in [-0.3, -0.25) is 9.10 Å². The van der Waals surface area contributed by atoms with Gasteiger partial charge in [0.15, 0.2) is 0 Å². The molecule has 0 aliphatic heterocycles. The van der Waals surface area contributed by atoms with Gasteiger partial charge in [-0.15, -0.1) is 0 Å². The van der Waals surface area contributed by atoms with Crippen molar-refractivity contribution in [1.29, 1.82) is 0 Å². The van der Waals surface area contributed by atoms with Crippen LogP contribution in [0.4, 0.5) is 5.69 Å². The van der Waals surface area contributed by atoms with Gasteiger partial charge in [-0.25, -0.2) is 13.2 Å². The van der Waals surface area contributed by atoms with Crippen LogP contribution in [-0.2, 0) is 24.3 Å². The topological polar surface area (TPSA) is 99.2 Å². The Labute approximate surface area is 170 Å². The molecule has 0 saturated carbocycles. The van der Waals surface area contributed by atoms with Gasteiger partial charge < -0.3 is 14.2 Å². The molecule has 8 nitrogen and oxygen atoms in total. The maximum atomic E-state index is 13.3. The van der Waals surface area contributed by atoms with E-state index in [2.05, 4.69) is 4.74 Å².